The summed E-state index contributed by atoms with van der Waals surface area (Å²) in [6.45, 7) is 4.94. The number of aliphatic carboxylic acids is 1. The predicted octanol–water partition coefficient (Wildman–Crippen LogP) is 6.78. The number of aliphatic hydroxyl groups excluding tert-OH is 1. The third-order valence-corrected chi connectivity index (χ3v) is 11.0. The zero-order valence-electron chi connectivity index (χ0n) is 21.2. The van der Waals surface area contributed by atoms with E-state index in [1.54, 1.807) is 0 Å². The van der Waals surface area contributed by atoms with Gasteiger partial charge in [0.05, 0.1) is 6.10 Å². The predicted molar refractivity (Wildman–Crippen MR) is 131 cm³/mol. The minimum atomic E-state index is -0.676. The molecule has 4 fully saturated rings. The lowest BCUT2D eigenvalue weighted by Gasteiger charge is -2.62. The second kappa shape index (κ2) is 10.4. The Morgan fingerprint density at radius 2 is 1.64 bits per heavy atom. The molecule has 0 spiro atoms. The van der Waals surface area contributed by atoms with Crippen molar-refractivity contribution in [3.8, 4) is 0 Å². The molecular weight excluding hydrogens is 412 g/mol. The quantitative estimate of drug-likeness (QED) is 0.352. The molecule has 0 bridgehead atoms. The van der Waals surface area contributed by atoms with E-state index in [9.17, 15) is 14.7 Å². The maximum Gasteiger partial charge on any atom is 0.303 e. The molecule has 4 rings (SSSR count). The summed E-state index contributed by atoms with van der Waals surface area (Å²) in [6, 6.07) is 0. The van der Waals surface area contributed by atoms with Gasteiger partial charge in [0.2, 0.25) is 0 Å². The van der Waals surface area contributed by atoms with Gasteiger partial charge in [-0.2, -0.15) is 0 Å². The standard InChI is InChI=1S/C29H48O4/c1-28-17-16-22(30)18-21(28)12-13-23-24-14-15-25(31)29(24,2)19-20(27(23)28)10-8-6-4-3-5-7-9-11-26(32)33/h20-21,23-25,27,31H,3-19H2,1-2H3,(H,32,33). The van der Waals surface area contributed by atoms with Crippen molar-refractivity contribution in [1.29, 1.82) is 0 Å². The van der Waals surface area contributed by atoms with Gasteiger partial charge < -0.3 is 10.2 Å². The second-order valence-electron chi connectivity index (χ2n) is 12.8. The van der Waals surface area contributed by atoms with Crippen molar-refractivity contribution in [2.24, 2.45) is 40.4 Å². The monoisotopic (exact) mass is 460 g/mol. The van der Waals surface area contributed by atoms with E-state index in [0.717, 1.165) is 56.8 Å². The summed E-state index contributed by atoms with van der Waals surface area (Å²) < 4.78 is 0. The van der Waals surface area contributed by atoms with E-state index in [1.165, 1.54) is 57.8 Å². The second-order valence-corrected chi connectivity index (χ2v) is 12.8. The number of fused-ring (bicyclic) bond motifs is 5. The molecule has 4 nitrogen and oxygen atoms in total. The van der Waals surface area contributed by atoms with E-state index in [2.05, 4.69) is 13.8 Å². The fourth-order valence-corrected chi connectivity index (χ4v) is 9.27. The van der Waals surface area contributed by atoms with E-state index in [4.69, 9.17) is 5.11 Å². The third kappa shape index (κ3) is 5.07. The van der Waals surface area contributed by atoms with Crippen molar-refractivity contribution >= 4 is 11.8 Å². The molecule has 0 aromatic carbocycles. The van der Waals surface area contributed by atoms with Crippen molar-refractivity contribution in [2.75, 3.05) is 0 Å². The molecule has 33 heavy (non-hydrogen) atoms. The van der Waals surface area contributed by atoms with Crippen LogP contribution in [0.25, 0.3) is 0 Å². The molecule has 8 unspecified atom stereocenters. The maximum absolute atomic E-state index is 12.3. The minimum absolute atomic E-state index is 0.101. The van der Waals surface area contributed by atoms with Crippen LogP contribution in [0.1, 0.15) is 123 Å². The molecule has 0 saturated heterocycles. The fourth-order valence-electron chi connectivity index (χ4n) is 9.27. The summed E-state index contributed by atoms with van der Waals surface area (Å²) in [4.78, 5) is 22.9. The Kier molecular flexibility index (Phi) is 7.93. The molecule has 0 aliphatic heterocycles. The Bertz CT molecular complexity index is 704. The molecule has 4 aliphatic rings. The first kappa shape index (κ1) is 25.2. The molecule has 4 saturated carbocycles. The van der Waals surface area contributed by atoms with Gasteiger partial charge in [-0.05, 0) is 85.4 Å². The largest absolute Gasteiger partial charge is 0.481 e. The van der Waals surface area contributed by atoms with Crippen LogP contribution < -0.4 is 0 Å². The Morgan fingerprint density at radius 3 is 2.36 bits per heavy atom. The van der Waals surface area contributed by atoms with Crippen LogP contribution >= 0.6 is 0 Å². The van der Waals surface area contributed by atoms with Crippen LogP contribution in [0.5, 0.6) is 0 Å². The van der Waals surface area contributed by atoms with Gasteiger partial charge in [-0.15, -0.1) is 0 Å². The molecule has 0 amide bonds. The number of ketones is 1. The summed E-state index contributed by atoms with van der Waals surface area (Å²) in [5.74, 6) is 3.26. The number of Topliss-reactive ketones (excluding diaryl/α,β-unsaturated/α-hetero) is 1. The van der Waals surface area contributed by atoms with Crippen LogP contribution in [-0.2, 0) is 9.59 Å². The number of aliphatic hydroxyl groups is 1. The topological polar surface area (TPSA) is 74.6 Å². The smallest absolute Gasteiger partial charge is 0.303 e. The number of carbonyl (C=O) groups excluding carboxylic acids is 1. The van der Waals surface area contributed by atoms with E-state index in [-0.39, 0.29) is 11.5 Å². The fraction of sp³-hybridized carbons (Fsp3) is 0.931. The van der Waals surface area contributed by atoms with Gasteiger partial charge in [0.15, 0.2) is 0 Å². The normalized spacial score (nSPS) is 42.5. The van der Waals surface area contributed by atoms with Crippen LogP contribution in [0.15, 0.2) is 0 Å². The number of hydrogen-bond donors (Lipinski definition) is 2. The van der Waals surface area contributed by atoms with Crippen molar-refractivity contribution in [3.63, 3.8) is 0 Å². The van der Waals surface area contributed by atoms with Crippen LogP contribution in [0.2, 0.25) is 0 Å². The van der Waals surface area contributed by atoms with Crippen molar-refractivity contribution < 1.29 is 19.8 Å². The molecule has 8 atom stereocenters. The first-order chi connectivity index (χ1) is 15.8. The Morgan fingerprint density at radius 1 is 0.939 bits per heavy atom. The molecule has 2 N–H and O–H groups in total. The van der Waals surface area contributed by atoms with Crippen LogP contribution in [-0.4, -0.2) is 28.1 Å². The summed E-state index contributed by atoms with van der Waals surface area (Å²) in [6.07, 6.45) is 18.1. The number of rotatable bonds is 10. The number of carboxylic acids is 1. The maximum atomic E-state index is 12.3. The molecule has 0 heterocycles. The van der Waals surface area contributed by atoms with Crippen molar-refractivity contribution in [2.45, 2.75) is 129 Å². The van der Waals surface area contributed by atoms with Gasteiger partial charge in [0.25, 0.3) is 0 Å². The molecule has 0 aromatic heterocycles. The lowest BCUT2D eigenvalue weighted by molar-refractivity contribution is -0.159. The van der Waals surface area contributed by atoms with Gasteiger partial charge in [0, 0.05) is 19.3 Å². The van der Waals surface area contributed by atoms with E-state index < -0.39 is 5.97 Å². The highest BCUT2D eigenvalue weighted by Gasteiger charge is 2.62. The number of carboxylic acid groups (broad SMARTS) is 1. The first-order valence-electron chi connectivity index (χ1n) is 14.2. The molecule has 0 aromatic rings. The molecular formula is C29H48O4. The highest BCUT2D eigenvalue weighted by atomic mass is 16.4. The average molecular weight is 461 g/mol. The third-order valence-electron chi connectivity index (χ3n) is 11.0. The van der Waals surface area contributed by atoms with Gasteiger partial charge in [0.1, 0.15) is 5.78 Å². The lowest BCUT2D eigenvalue weighted by atomic mass is 9.42. The molecule has 4 aliphatic carbocycles. The average Bonchev–Trinajstić information content (AvgIpc) is 3.06. The van der Waals surface area contributed by atoms with Gasteiger partial charge in [-0.25, -0.2) is 0 Å². The first-order valence-corrected chi connectivity index (χ1v) is 14.2. The molecule has 4 heteroatoms. The minimum Gasteiger partial charge on any atom is -0.481 e. The van der Waals surface area contributed by atoms with Crippen LogP contribution in [0.3, 0.4) is 0 Å². The van der Waals surface area contributed by atoms with E-state index in [0.29, 0.717) is 35.4 Å². The van der Waals surface area contributed by atoms with Gasteiger partial charge >= 0.3 is 5.97 Å². The Balaban J connectivity index is 1.36. The number of unbranched alkanes of at least 4 members (excludes halogenated alkanes) is 6. The van der Waals surface area contributed by atoms with E-state index >= 15 is 0 Å². The van der Waals surface area contributed by atoms with Gasteiger partial charge in [-0.1, -0.05) is 58.8 Å². The van der Waals surface area contributed by atoms with Gasteiger partial charge in [-0.3, -0.25) is 9.59 Å². The lowest BCUT2D eigenvalue weighted by Crippen LogP contribution is -2.57. The van der Waals surface area contributed by atoms with Crippen molar-refractivity contribution in [1.82, 2.24) is 0 Å². The van der Waals surface area contributed by atoms with Crippen LogP contribution in [0, 0.1) is 40.4 Å². The highest BCUT2D eigenvalue weighted by molar-refractivity contribution is 5.79. The zero-order valence-corrected chi connectivity index (χ0v) is 21.2. The summed E-state index contributed by atoms with van der Waals surface area (Å²) in [7, 11) is 0. The van der Waals surface area contributed by atoms with Crippen LogP contribution in [0.4, 0.5) is 0 Å². The summed E-state index contributed by atoms with van der Waals surface area (Å²) in [5, 5.41) is 19.7. The Labute approximate surface area is 201 Å². The molecule has 188 valence electrons. The van der Waals surface area contributed by atoms with E-state index in [1.807, 2.05) is 0 Å². The number of hydrogen-bond acceptors (Lipinski definition) is 3. The van der Waals surface area contributed by atoms with Crippen molar-refractivity contribution in [3.05, 3.63) is 0 Å². The molecule has 0 radical (unpaired) electrons. The summed E-state index contributed by atoms with van der Waals surface area (Å²) in [5.41, 5.74) is 0.421. The zero-order chi connectivity index (χ0) is 23.6. The Hall–Kier alpha value is -0.900. The number of carbonyl (C=O) groups is 2. The summed E-state index contributed by atoms with van der Waals surface area (Å²) >= 11 is 0. The SMILES string of the molecule is CC12CC(CCCCCCCCCC(=O)O)C3C(CCC4CC(=O)CCC43C)C1CCC2O. The highest BCUT2D eigenvalue weighted by Crippen LogP contribution is 2.68.